The number of aryl methyl sites for hydroxylation is 1. The molecule has 0 amide bonds. The minimum atomic E-state index is 0.313. The Labute approximate surface area is 189 Å². The summed E-state index contributed by atoms with van der Waals surface area (Å²) in [6.07, 6.45) is 7.37. The minimum absolute atomic E-state index is 0.313. The Hall–Kier alpha value is -2.12. The van der Waals surface area contributed by atoms with Gasteiger partial charge in [0.15, 0.2) is 5.82 Å². The average molecular weight is 440 g/mol. The first-order valence-electron chi connectivity index (χ1n) is 11.4. The molecular weight excluding hydrogens is 406 g/mol. The van der Waals surface area contributed by atoms with E-state index in [1.165, 1.54) is 12.1 Å². The predicted molar refractivity (Wildman–Crippen MR) is 130 cm³/mol. The van der Waals surface area contributed by atoms with Crippen molar-refractivity contribution in [2.75, 3.05) is 30.9 Å². The third kappa shape index (κ3) is 4.30. The van der Waals surface area contributed by atoms with Gasteiger partial charge in [0.1, 0.15) is 11.5 Å². The van der Waals surface area contributed by atoms with Crippen molar-refractivity contribution >= 4 is 28.6 Å². The van der Waals surface area contributed by atoms with Crippen LogP contribution in [0.25, 0.3) is 22.4 Å². The highest BCUT2D eigenvalue weighted by atomic mass is 32.2. The highest BCUT2D eigenvalue weighted by Gasteiger charge is 2.39. The van der Waals surface area contributed by atoms with Crippen LogP contribution in [0.3, 0.4) is 0 Å². The summed E-state index contributed by atoms with van der Waals surface area (Å²) in [5.41, 5.74) is 3.23. The van der Waals surface area contributed by atoms with Gasteiger partial charge >= 0.3 is 0 Å². The highest BCUT2D eigenvalue weighted by Crippen LogP contribution is 2.48. The molecule has 31 heavy (non-hydrogen) atoms. The van der Waals surface area contributed by atoms with Gasteiger partial charge in [0.05, 0.1) is 24.9 Å². The summed E-state index contributed by atoms with van der Waals surface area (Å²) in [5, 5.41) is 1.79. The first-order valence-corrected chi connectivity index (χ1v) is 12.7. The Kier molecular flexibility index (Phi) is 6.82. The summed E-state index contributed by atoms with van der Waals surface area (Å²) in [5.74, 6) is 2.36. The van der Waals surface area contributed by atoms with Crippen molar-refractivity contribution in [3.8, 4) is 11.4 Å². The number of ether oxygens (including phenoxy) is 1. The van der Waals surface area contributed by atoms with Gasteiger partial charge in [-0.05, 0) is 38.7 Å². The third-order valence-corrected chi connectivity index (χ3v) is 7.18. The van der Waals surface area contributed by atoms with Crippen LogP contribution < -0.4 is 4.90 Å². The lowest BCUT2D eigenvalue weighted by Crippen LogP contribution is -2.44. The molecule has 5 rings (SSSR count). The fourth-order valence-electron chi connectivity index (χ4n) is 4.26. The van der Waals surface area contributed by atoms with Crippen molar-refractivity contribution < 1.29 is 4.74 Å². The van der Waals surface area contributed by atoms with Gasteiger partial charge in [-0.1, -0.05) is 13.8 Å². The van der Waals surface area contributed by atoms with E-state index in [0.717, 1.165) is 54.5 Å². The zero-order chi connectivity index (χ0) is 22.0. The molecule has 3 unspecified atom stereocenters. The quantitative estimate of drug-likeness (QED) is 0.559. The predicted octanol–water partition coefficient (Wildman–Crippen LogP) is 4.98. The molecule has 1 aliphatic heterocycles. The second-order valence-corrected chi connectivity index (χ2v) is 8.98. The summed E-state index contributed by atoms with van der Waals surface area (Å²) in [6, 6.07) is 6.71. The molecule has 3 aromatic heterocycles. The molecule has 1 saturated heterocycles. The van der Waals surface area contributed by atoms with Crippen molar-refractivity contribution in [3.05, 3.63) is 36.3 Å². The number of morpholine rings is 1. The number of anilines is 1. The van der Waals surface area contributed by atoms with Crippen molar-refractivity contribution in [1.29, 1.82) is 0 Å². The molecule has 0 aromatic carbocycles. The van der Waals surface area contributed by atoms with Gasteiger partial charge in [0.25, 0.3) is 0 Å². The minimum Gasteiger partial charge on any atom is -0.377 e. The molecule has 3 aromatic rings. The molecule has 2 aliphatic rings. The van der Waals surface area contributed by atoms with Crippen LogP contribution in [0.4, 0.5) is 5.82 Å². The van der Waals surface area contributed by atoms with Crippen LogP contribution in [-0.2, 0) is 11.3 Å². The Morgan fingerprint density at radius 2 is 2.06 bits per heavy atom. The van der Waals surface area contributed by atoms with Crippen LogP contribution in [0.1, 0.15) is 45.7 Å². The normalized spacial score (nSPS) is 22.9. The van der Waals surface area contributed by atoms with E-state index < -0.39 is 0 Å². The standard InChI is InChI=1S/C22H27N5OS.C2H6/c1-4-26-8-6-16-15(5-7-23-22(16)26)21-24-18(17-11-19(17)29-3)12-20(25-21)27-9-10-28-13-14(27)2;1-2/h5-8,12,14,17,19H,4,9-11,13H2,1-3H3;1-2H3. The van der Waals surface area contributed by atoms with Gasteiger partial charge in [-0.15, -0.1) is 0 Å². The molecule has 1 saturated carbocycles. The van der Waals surface area contributed by atoms with E-state index in [2.05, 4.69) is 52.9 Å². The Morgan fingerprint density at radius 1 is 1.23 bits per heavy atom. The van der Waals surface area contributed by atoms with E-state index in [1.807, 2.05) is 37.9 Å². The monoisotopic (exact) mass is 439 g/mol. The van der Waals surface area contributed by atoms with Crippen molar-refractivity contribution in [1.82, 2.24) is 19.5 Å². The van der Waals surface area contributed by atoms with Crippen LogP contribution in [0, 0.1) is 0 Å². The van der Waals surface area contributed by atoms with Crippen LogP contribution in [-0.4, -0.2) is 56.8 Å². The van der Waals surface area contributed by atoms with Gasteiger partial charge in [-0.2, -0.15) is 11.8 Å². The number of hydrogen-bond donors (Lipinski definition) is 0. The number of fused-ring (bicyclic) bond motifs is 1. The Bertz CT molecular complexity index is 1040. The van der Waals surface area contributed by atoms with E-state index in [-0.39, 0.29) is 0 Å². The SMILES string of the molecule is CC.CCn1ccc2c(-c3nc(C4CC4SC)cc(N4CCOCC4C)n3)ccnc21. The molecule has 166 valence electrons. The topological polar surface area (TPSA) is 56.1 Å². The third-order valence-electron chi connectivity index (χ3n) is 6.05. The Morgan fingerprint density at radius 3 is 2.77 bits per heavy atom. The van der Waals surface area contributed by atoms with E-state index in [9.17, 15) is 0 Å². The lowest BCUT2D eigenvalue weighted by Gasteiger charge is -2.34. The van der Waals surface area contributed by atoms with E-state index >= 15 is 0 Å². The summed E-state index contributed by atoms with van der Waals surface area (Å²) < 4.78 is 7.81. The van der Waals surface area contributed by atoms with Gasteiger partial charge < -0.3 is 14.2 Å². The number of aromatic nitrogens is 4. The maximum Gasteiger partial charge on any atom is 0.162 e. The molecule has 4 heterocycles. The largest absolute Gasteiger partial charge is 0.377 e. The van der Waals surface area contributed by atoms with E-state index in [0.29, 0.717) is 17.2 Å². The van der Waals surface area contributed by atoms with E-state index in [4.69, 9.17) is 14.7 Å². The van der Waals surface area contributed by atoms with E-state index in [1.54, 1.807) is 0 Å². The van der Waals surface area contributed by atoms with Crippen LogP contribution >= 0.6 is 11.8 Å². The maximum atomic E-state index is 5.65. The van der Waals surface area contributed by atoms with Crippen molar-refractivity contribution in [2.24, 2.45) is 0 Å². The average Bonchev–Trinajstić information content (AvgIpc) is 3.50. The Balaban J connectivity index is 0.00000112. The molecule has 0 radical (unpaired) electrons. The summed E-state index contributed by atoms with van der Waals surface area (Å²) in [4.78, 5) is 17.0. The summed E-state index contributed by atoms with van der Waals surface area (Å²) in [6.45, 7) is 11.6. The van der Waals surface area contributed by atoms with Crippen molar-refractivity contribution in [2.45, 2.75) is 57.9 Å². The maximum absolute atomic E-state index is 5.65. The zero-order valence-electron chi connectivity index (χ0n) is 19.2. The summed E-state index contributed by atoms with van der Waals surface area (Å²) >= 11 is 1.94. The first-order chi connectivity index (χ1) is 15.2. The van der Waals surface area contributed by atoms with Crippen molar-refractivity contribution in [3.63, 3.8) is 0 Å². The van der Waals surface area contributed by atoms with Crippen LogP contribution in [0.2, 0.25) is 0 Å². The molecule has 0 N–H and O–H groups in total. The lowest BCUT2D eigenvalue weighted by molar-refractivity contribution is 0.0985. The smallest absolute Gasteiger partial charge is 0.162 e. The number of pyridine rings is 1. The van der Waals surface area contributed by atoms with Crippen LogP contribution in [0.5, 0.6) is 0 Å². The fraction of sp³-hybridized carbons (Fsp3) is 0.542. The fourth-order valence-corrected chi connectivity index (χ4v) is 5.13. The molecule has 2 fully saturated rings. The molecule has 6 nitrogen and oxygen atoms in total. The molecule has 1 aliphatic carbocycles. The lowest BCUT2D eigenvalue weighted by atomic mass is 10.1. The molecule has 3 atom stereocenters. The number of nitrogens with zero attached hydrogens (tertiary/aromatic N) is 5. The molecule has 0 bridgehead atoms. The molecule has 7 heteroatoms. The van der Waals surface area contributed by atoms with Gasteiger partial charge in [-0.25, -0.2) is 15.0 Å². The highest BCUT2D eigenvalue weighted by molar-refractivity contribution is 7.99. The molecular formula is C24H33N5OS. The van der Waals surface area contributed by atoms with Crippen LogP contribution in [0.15, 0.2) is 30.6 Å². The second kappa shape index (κ2) is 9.57. The number of thioether (sulfide) groups is 1. The van der Waals surface area contributed by atoms with Gasteiger partial charge in [-0.3, -0.25) is 0 Å². The number of hydrogen-bond acceptors (Lipinski definition) is 6. The van der Waals surface area contributed by atoms with Gasteiger partial charge in [0.2, 0.25) is 0 Å². The zero-order valence-corrected chi connectivity index (χ0v) is 20.0. The first kappa shape index (κ1) is 22.1. The summed E-state index contributed by atoms with van der Waals surface area (Å²) in [7, 11) is 0. The van der Waals surface area contributed by atoms with Gasteiger partial charge in [0, 0.05) is 53.7 Å². The number of rotatable bonds is 5. The molecule has 0 spiro atoms. The second-order valence-electron chi connectivity index (χ2n) is 7.91.